The molecule has 1 aromatic carbocycles. The van der Waals surface area contributed by atoms with Gasteiger partial charge in [0.25, 0.3) is 5.91 Å². The molecular formula is C33H51F3N4O8. The highest BCUT2D eigenvalue weighted by Crippen LogP contribution is 2.30. The Labute approximate surface area is 280 Å². The Kier molecular flexibility index (Phi) is 15.9. The number of piperidine rings is 1. The minimum Gasteiger partial charge on any atom is -0.493 e. The van der Waals surface area contributed by atoms with Crippen LogP contribution in [0.5, 0.6) is 11.5 Å². The van der Waals surface area contributed by atoms with E-state index < -0.39 is 17.6 Å². The summed E-state index contributed by atoms with van der Waals surface area (Å²) < 4.78 is 48.2. The van der Waals surface area contributed by atoms with Gasteiger partial charge < -0.3 is 40.2 Å². The van der Waals surface area contributed by atoms with Crippen molar-refractivity contribution in [3.8, 4) is 11.5 Å². The van der Waals surface area contributed by atoms with Crippen molar-refractivity contribution in [2.45, 2.75) is 103 Å². The Morgan fingerprint density at radius 2 is 1.71 bits per heavy atom. The quantitative estimate of drug-likeness (QED) is 0.189. The molecule has 1 saturated carbocycles. The van der Waals surface area contributed by atoms with E-state index in [4.69, 9.17) is 24.1 Å². The van der Waals surface area contributed by atoms with Gasteiger partial charge in [0.2, 0.25) is 11.8 Å². The number of carboxylic acid groups (broad SMARTS) is 1. The molecule has 0 unspecified atom stereocenters. The molecule has 0 aromatic heterocycles. The monoisotopic (exact) mass is 688 g/mol. The summed E-state index contributed by atoms with van der Waals surface area (Å²) >= 11 is 0. The summed E-state index contributed by atoms with van der Waals surface area (Å²) in [5, 5.41) is 16.7. The van der Waals surface area contributed by atoms with E-state index >= 15 is 0 Å². The van der Waals surface area contributed by atoms with Crippen LogP contribution in [0.15, 0.2) is 18.2 Å². The number of ether oxygens (including phenoxy) is 3. The number of aliphatic carboxylic acids is 1. The molecule has 4 N–H and O–H groups in total. The molecule has 0 spiro atoms. The molecule has 48 heavy (non-hydrogen) atoms. The standard InChI is InChI=1S/C31H50N4O6.C2HF3O2/c1-21(2)35(29(37)22-8-13-26(40-6)27(18-22)41-17-7-16-39-5)25-12-11-23(33-20-25)14-15-32-28(36)19-31(3,4)30(38)34-24-9-10-24;3-2(4,5)1(6)7/h8,13,18,21,23-25,33H,7,9-12,14-17,19-20H2,1-6H3,(H,32,36)(H,34,38);(H,6,7)/t23-,25-;/m1./s1. The van der Waals surface area contributed by atoms with Crippen molar-refractivity contribution in [3.63, 3.8) is 0 Å². The van der Waals surface area contributed by atoms with Gasteiger partial charge in [0.15, 0.2) is 11.5 Å². The first-order chi connectivity index (χ1) is 22.5. The zero-order valence-electron chi connectivity index (χ0n) is 28.7. The summed E-state index contributed by atoms with van der Waals surface area (Å²) in [6.45, 7) is 10.0. The van der Waals surface area contributed by atoms with Gasteiger partial charge in [0, 0.05) is 69.4 Å². The molecule has 3 rings (SSSR count). The minimum atomic E-state index is -5.08. The lowest BCUT2D eigenvalue weighted by Gasteiger charge is -2.40. The van der Waals surface area contributed by atoms with Gasteiger partial charge >= 0.3 is 12.1 Å². The van der Waals surface area contributed by atoms with Crippen LogP contribution in [0.4, 0.5) is 13.2 Å². The number of hydrogen-bond donors (Lipinski definition) is 4. The summed E-state index contributed by atoms with van der Waals surface area (Å²) in [6.07, 6.45) is 0.458. The van der Waals surface area contributed by atoms with E-state index in [0.717, 1.165) is 38.5 Å². The molecular weight excluding hydrogens is 637 g/mol. The first kappa shape index (κ1) is 40.6. The Morgan fingerprint density at radius 3 is 2.23 bits per heavy atom. The molecule has 2 aliphatic rings. The number of amides is 3. The Hall–Kier alpha value is -3.59. The highest BCUT2D eigenvalue weighted by atomic mass is 19.4. The Balaban J connectivity index is 0.00000103. The lowest BCUT2D eigenvalue weighted by atomic mass is 9.87. The number of carbonyl (C=O) groups excluding carboxylic acids is 3. The molecule has 12 nitrogen and oxygen atoms in total. The fraction of sp³-hybridized carbons (Fsp3) is 0.697. The van der Waals surface area contributed by atoms with E-state index in [1.54, 1.807) is 32.4 Å². The second kappa shape index (κ2) is 18.8. The summed E-state index contributed by atoms with van der Waals surface area (Å²) in [4.78, 5) is 49.4. The zero-order chi connectivity index (χ0) is 36.1. The zero-order valence-corrected chi connectivity index (χ0v) is 28.7. The van der Waals surface area contributed by atoms with Crippen LogP contribution in [0, 0.1) is 5.41 Å². The number of methoxy groups -OCH3 is 2. The SMILES string of the molecule is COCCCOc1cc(C(=O)N(C(C)C)[C@@H]2CC[C@H](CCNC(=O)CC(C)(C)C(=O)NC3CC3)NC2)ccc1OC.O=C(O)C(F)(F)F. The lowest BCUT2D eigenvalue weighted by molar-refractivity contribution is -0.192. The summed E-state index contributed by atoms with van der Waals surface area (Å²) in [7, 11) is 3.24. The topological polar surface area (TPSA) is 156 Å². The summed E-state index contributed by atoms with van der Waals surface area (Å²) in [5.41, 5.74) is -0.156. The third-order valence-corrected chi connectivity index (χ3v) is 8.02. The van der Waals surface area contributed by atoms with Crippen molar-refractivity contribution in [1.82, 2.24) is 20.9 Å². The van der Waals surface area contributed by atoms with E-state index in [9.17, 15) is 27.6 Å². The van der Waals surface area contributed by atoms with Crippen LogP contribution in [-0.4, -0.2) is 105 Å². The number of carbonyl (C=O) groups is 4. The van der Waals surface area contributed by atoms with E-state index in [0.29, 0.717) is 43.4 Å². The van der Waals surface area contributed by atoms with Gasteiger partial charge in [0.05, 0.1) is 19.1 Å². The molecule has 1 saturated heterocycles. The number of benzene rings is 1. The second-order valence-corrected chi connectivity index (χ2v) is 13.0. The Bertz CT molecular complexity index is 1220. The molecule has 1 aliphatic heterocycles. The maximum atomic E-state index is 13.7. The maximum Gasteiger partial charge on any atom is 0.490 e. The van der Waals surface area contributed by atoms with Crippen LogP contribution in [-0.2, 0) is 19.1 Å². The van der Waals surface area contributed by atoms with Crippen LogP contribution in [0.25, 0.3) is 0 Å². The number of alkyl halides is 3. The fourth-order valence-electron chi connectivity index (χ4n) is 5.20. The molecule has 1 aromatic rings. The van der Waals surface area contributed by atoms with Crippen molar-refractivity contribution in [2.24, 2.45) is 5.41 Å². The van der Waals surface area contributed by atoms with Gasteiger partial charge in [-0.15, -0.1) is 0 Å². The van der Waals surface area contributed by atoms with E-state index in [-0.39, 0.29) is 48.3 Å². The first-order valence-electron chi connectivity index (χ1n) is 16.2. The third-order valence-electron chi connectivity index (χ3n) is 8.02. The van der Waals surface area contributed by atoms with Crippen LogP contribution in [0.1, 0.15) is 83.0 Å². The van der Waals surface area contributed by atoms with Gasteiger partial charge in [-0.2, -0.15) is 13.2 Å². The van der Waals surface area contributed by atoms with Gasteiger partial charge in [-0.3, -0.25) is 14.4 Å². The summed E-state index contributed by atoms with van der Waals surface area (Å²) in [5.74, 6) is -1.81. The Morgan fingerprint density at radius 1 is 1.04 bits per heavy atom. The van der Waals surface area contributed by atoms with Gasteiger partial charge in [0.1, 0.15) is 0 Å². The normalized spacial score (nSPS) is 17.9. The highest BCUT2D eigenvalue weighted by molar-refractivity contribution is 5.95. The largest absolute Gasteiger partial charge is 0.493 e. The number of hydrogen-bond acceptors (Lipinski definition) is 8. The first-order valence-corrected chi connectivity index (χ1v) is 16.2. The van der Waals surface area contributed by atoms with Crippen LogP contribution < -0.4 is 25.4 Å². The average molecular weight is 689 g/mol. The van der Waals surface area contributed by atoms with E-state index in [1.807, 2.05) is 32.6 Å². The second-order valence-electron chi connectivity index (χ2n) is 13.0. The fourth-order valence-corrected chi connectivity index (χ4v) is 5.20. The van der Waals surface area contributed by atoms with Crippen LogP contribution >= 0.6 is 0 Å². The molecule has 2 fully saturated rings. The van der Waals surface area contributed by atoms with Crippen molar-refractivity contribution >= 4 is 23.7 Å². The number of rotatable bonds is 16. The maximum absolute atomic E-state index is 13.7. The molecule has 0 bridgehead atoms. The molecule has 1 aliphatic carbocycles. The van der Waals surface area contributed by atoms with Crippen LogP contribution in [0.2, 0.25) is 0 Å². The van der Waals surface area contributed by atoms with Crippen molar-refractivity contribution < 1.29 is 51.7 Å². The van der Waals surface area contributed by atoms with E-state index in [2.05, 4.69) is 16.0 Å². The van der Waals surface area contributed by atoms with Gasteiger partial charge in [-0.25, -0.2) is 4.79 Å². The number of nitrogens with zero attached hydrogens (tertiary/aromatic N) is 1. The predicted molar refractivity (Wildman–Crippen MR) is 172 cm³/mol. The molecule has 0 radical (unpaired) electrons. The smallest absolute Gasteiger partial charge is 0.490 e. The molecule has 272 valence electrons. The molecule has 3 amide bonds. The lowest BCUT2D eigenvalue weighted by Crippen LogP contribution is -2.54. The van der Waals surface area contributed by atoms with E-state index in [1.165, 1.54) is 0 Å². The van der Waals surface area contributed by atoms with Crippen molar-refractivity contribution in [2.75, 3.05) is 40.5 Å². The van der Waals surface area contributed by atoms with Gasteiger partial charge in [-0.1, -0.05) is 13.8 Å². The van der Waals surface area contributed by atoms with Crippen LogP contribution in [0.3, 0.4) is 0 Å². The number of nitrogens with one attached hydrogen (secondary N) is 3. The van der Waals surface area contributed by atoms with Gasteiger partial charge in [-0.05, 0) is 64.2 Å². The number of halogens is 3. The highest BCUT2D eigenvalue weighted by Gasteiger charge is 2.38. The molecule has 2 atom stereocenters. The van der Waals surface area contributed by atoms with Crippen molar-refractivity contribution in [1.29, 1.82) is 0 Å². The molecule has 1 heterocycles. The molecule has 15 heteroatoms. The summed E-state index contributed by atoms with van der Waals surface area (Å²) in [6, 6.07) is 5.97. The average Bonchev–Trinajstić information content (AvgIpc) is 3.83. The minimum absolute atomic E-state index is 0.0266. The third kappa shape index (κ3) is 13.5. The predicted octanol–water partition coefficient (Wildman–Crippen LogP) is 3.92. The number of carboxylic acids is 1. The van der Waals surface area contributed by atoms with Crippen molar-refractivity contribution in [3.05, 3.63) is 23.8 Å².